The maximum atomic E-state index is 13.2. The SMILES string of the molecule is O=C(c1ccc2ncccc2c1)N1C[C@@H]2C[C@H](NS(=O)(=O)c3cccs3)[C@H]1C2. The molecule has 3 atom stereocenters. The molecule has 1 aromatic carbocycles. The Hall–Kier alpha value is -2.29. The van der Waals surface area contributed by atoms with Crippen LogP contribution in [0.3, 0.4) is 0 Å². The number of nitrogens with zero attached hydrogens (tertiary/aromatic N) is 2. The molecule has 3 aromatic rings. The van der Waals surface area contributed by atoms with Crippen molar-refractivity contribution in [2.75, 3.05) is 6.54 Å². The highest BCUT2D eigenvalue weighted by atomic mass is 32.2. The normalized spacial score (nSPS) is 24.1. The summed E-state index contributed by atoms with van der Waals surface area (Å²) in [5.74, 6) is 0.297. The molecule has 0 spiro atoms. The first kappa shape index (κ1) is 17.8. The number of nitrogens with one attached hydrogen (secondary N) is 1. The second-order valence-corrected chi connectivity index (χ2v) is 10.3. The molecule has 0 unspecified atom stereocenters. The van der Waals surface area contributed by atoms with Crippen molar-refractivity contribution in [2.45, 2.75) is 29.1 Å². The summed E-state index contributed by atoms with van der Waals surface area (Å²) in [6.45, 7) is 0.686. The number of likely N-dealkylation sites (tertiary alicyclic amines) is 1. The predicted molar refractivity (Wildman–Crippen MR) is 108 cm³/mol. The van der Waals surface area contributed by atoms with E-state index in [1.165, 1.54) is 11.3 Å². The monoisotopic (exact) mass is 413 g/mol. The van der Waals surface area contributed by atoms with Crippen LogP contribution in [0.5, 0.6) is 0 Å². The molecule has 1 aliphatic carbocycles. The number of pyridine rings is 1. The quantitative estimate of drug-likeness (QED) is 0.713. The molecule has 1 amide bonds. The van der Waals surface area contributed by atoms with Gasteiger partial charge >= 0.3 is 0 Å². The summed E-state index contributed by atoms with van der Waals surface area (Å²) < 4.78 is 28.4. The average molecular weight is 414 g/mol. The second kappa shape index (κ2) is 6.65. The lowest BCUT2D eigenvalue weighted by molar-refractivity contribution is 0.0678. The summed E-state index contributed by atoms with van der Waals surface area (Å²) in [4.78, 5) is 19.3. The molecule has 1 aliphatic heterocycles. The number of hydrogen-bond donors (Lipinski definition) is 1. The number of amides is 1. The van der Waals surface area contributed by atoms with Crippen LogP contribution >= 0.6 is 11.3 Å². The van der Waals surface area contributed by atoms with Gasteiger partial charge in [0.05, 0.1) is 5.52 Å². The van der Waals surface area contributed by atoms with E-state index in [0.29, 0.717) is 22.2 Å². The average Bonchev–Trinajstić information content (AvgIpc) is 3.44. The third kappa shape index (κ3) is 3.01. The highest BCUT2D eigenvalue weighted by Gasteiger charge is 2.48. The number of benzene rings is 1. The zero-order valence-electron chi connectivity index (χ0n) is 15.0. The maximum Gasteiger partial charge on any atom is 0.254 e. The Morgan fingerprint density at radius 2 is 2.07 bits per heavy atom. The van der Waals surface area contributed by atoms with Gasteiger partial charge in [-0.2, -0.15) is 0 Å². The Bertz CT molecular complexity index is 1140. The van der Waals surface area contributed by atoms with Gasteiger partial charge in [-0.05, 0) is 54.5 Å². The van der Waals surface area contributed by atoms with E-state index in [9.17, 15) is 13.2 Å². The first-order valence-corrected chi connectivity index (χ1v) is 11.6. The summed E-state index contributed by atoms with van der Waals surface area (Å²) >= 11 is 1.20. The highest BCUT2D eigenvalue weighted by molar-refractivity contribution is 7.91. The first-order valence-electron chi connectivity index (χ1n) is 9.23. The van der Waals surface area contributed by atoms with Crippen LogP contribution in [0.2, 0.25) is 0 Å². The molecule has 8 heteroatoms. The van der Waals surface area contributed by atoms with E-state index in [4.69, 9.17) is 0 Å². The molecule has 6 nitrogen and oxygen atoms in total. The van der Waals surface area contributed by atoms with E-state index >= 15 is 0 Å². The molecular weight excluding hydrogens is 394 g/mol. The van der Waals surface area contributed by atoms with Crippen LogP contribution in [0.15, 0.2) is 58.3 Å². The van der Waals surface area contributed by atoms with Crippen LogP contribution in [0.25, 0.3) is 10.9 Å². The van der Waals surface area contributed by atoms with Crippen molar-refractivity contribution in [3.8, 4) is 0 Å². The molecule has 2 aromatic heterocycles. The van der Waals surface area contributed by atoms with Crippen LogP contribution in [-0.2, 0) is 10.0 Å². The van der Waals surface area contributed by atoms with Gasteiger partial charge in [-0.15, -0.1) is 11.3 Å². The molecular formula is C20H19N3O3S2. The Labute approximate surface area is 167 Å². The summed E-state index contributed by atoms with van der Waals surface area (Å²) in [5.41, 5.74) is 1.47. The smallest absolute Gasteiger partial charge is 0.254 e. The van der Waals surface area contributed by atoms with Crippen LogP contribution < -0.4 is 4.72 Å². The third-order valence-corrected chi connectivity index (χ3v) is 8.55. The summed E-state index contributed by atoms with van der Waals surface area (Å²) in [6, 6.07) is 12.3. The van der Waals surface area contributed by atoms with Gasteiger partial charge in [0.1, 0.15) is 4.21 Å². The lowest BCUT2D eigenvalue weighted by Crippen LogP contribution is -2.51. The van der Waals surface area contributed by atoms with Gasteiger partial charge in [0.25, 0.3) is 5.91 Å². The maximum absolute atomic E-state index is 13.2. The van der Waals surface area contributed by atoms with Gasteiger partial charge in [0.2, 0.25) is 10.0 Å². The van der Waals surface area contributed by atoms with E-state index in [1.54, 1.807) is 29.8 Å². The topological polar surface area (TPSA) is 79.4 Å². The number of piperidine rings is 1. The Morgan fingerprint density at radius 1 is 1.18 bits per heavy atom. The third-order valence-electron chi connectivity index (χ3n) is 5.66. The Morgan fingerprint density at radius 3 is 2.86 bits per heavy atom. The number of sulfonamides is 1. The molecule has 1 N–H and O–H groups in total. The van der Waals surface area contributed by atoms with Gasteiger partial charge in [-0.25, -0.2) is 13.1 Å². The van der Waals surface area contributed by atoms with Crippen LogP contribution in [0.4, 0.5) is 0 Å². The largest absolute Gasteiger partial charge is 0.334 e. The van der Waals surface area contributed by atoms with Crippen molar-refractivity contribution < 1.29 is 13.2 Å². The summed E-state index contributed by atoms with van der Waals surface area (Å²) in [6.07, 6.45) is 3.35. The molecule has 144 valence electrons. The minimum Gasteiger partial charge on any atom is -0.334 e. The summed E-state index contributed by atoms with van der Waals surface area (Å²) in [7, 11) is -3.54. The van der Waals surface area contributed by atoms with Crippen molar-refractivity contribution in [3.63, 3.8) is 0 Å². The van der Waals surface area contributed by atoms with Crippen molar-refractivity contribution >= 4 is 38.2 Å². The zero-order chi connectivity index (χ0) is 19.3. The number of thiophene rings is 1. The molecule has 2 aliphatic rings. The molecule has 28 heavy (non-hydrogen) atoms. The van der Waals surface area contributed by atoms with Gasteiger partial charge < -0.3 is 4.90 Å². The van der Waals surface area contributed by atoms with Crippen LogP contribution in [0.1, 0.15) is 23.2 Å². The van der Waals surface area contributed by atoms with Gasteiger partial charge in [-0.1, -0.05) is 12.1 Å². The van der Waals surface area contributed by atoms with E-state index in [0.717, 1.165) is 23.7 Å². The fourth-order valence-electron chi connectivity index (χ4n) is 4.43. The fraction of sp³-hybridized carbons (Fsp3) is 0.300. The van der Waals surface area contributed by atoms with Crippen molar-refractivity contribution in [2.24, 2.45) is 5.92 Å². The molecule has 1 saturated carbocycles. The molecule has 2 fully saturated rings. The number of aromatic nitrogens is 1. The van der Waals surface area contributed by atoms with E-state index < -0.39 is 10.0 Å². The van der Waals surface area contributed by atoms with E-state index in [1.807, 2.05) is 29.2 Å². The number of rotatable bonds is 4. The lowest BCUT2D eigenvalue weighted by Gasteiger charge is -2.33. The second-order valence-electron chi connectivity index (χ2n) is 7.43. The number of hydrogen-bond acceptors (Lipinski definition) is 5. The van der Waals surface area contributed by atoms with Gasteiger partial charge in [0.15, 0.2) is 0 Å². The summed E-state index contributed by atoms with van der Waals surface area (Å²) in [5, 5.41) is 2.67. The predicted octanol–water partition coefficient (Wildman–Crippen LogP) is 2.88. The molecule has 5 rings (SSSR count). The molecule has 1 saturated heterocycles. The number of carbonyl (C=O) groups is 1. The molecule has 0 radical (unpaired) electrons. The number of carbonyl (C=O) groups excluding carboxylic acids is 1. The van der Waals surface area contributed by atoms with Crippen molar-refractivity contribution in [1.82, 2.24) is 14.6 Å². The van der Waals surface area contributed by atoms with Crippen molar-refractivity contribution in [1.29, 1.82) is 0 Å². The fourth-order valence-corrected chi connectivity index (χ4v) is 6.73. The Kier molecular flexibility index (Phi) is 4.22. The van der Waals surface area contributed by atoms with Crippen LogP contribution in [-0.4, -0.2) is 42.8 Å². The highest BCUT2D eigenvalue weighted by Crippen LogP contribution is 2.39. The van der Waals surface area contributed by atoms with Crippen molar-refractivity contribution in [3.05, 3.63) is 59.6 Å². The van der Waals surface area contributed by atoms with Crippen LogP contribution in [0, 0.1) is 5.92 Å². The Balaban J connectivity index is 1.38. The van der Waals surface area contributed by atoms with Gasteiger partial charge in [0, 0.05) is 35.8 Å². The number of fused-ring (bicyclic) bond motifs is 3. The molecule has 2 bridgehead atoms. The first-order chi connectivity index (χ1) is 13.5. The molecule has 3 heterocycles. The van der Waals surface area contributed by atoms with Gasteiger partial charge in [-0.3, -0.25) is 9.78 Å². The standard InChI is InChI=1S/C20H19N3O3S2/c24-20(15-5-6-16-14(11-15)3-1-7-21-16)23-12-13-9-17(18(23)10-13)22-28(25,26)19-4-2-8-27-19/h1-8,11,13,17-18,22H,9-10,12H2/t13-,17+,18-/m1/s1. The lowest BCUT2D eigenvalue weighted by atomic mass is 10.0. The minimum atomic E-state index is -3.54. The minimum absolute atomic E-state index is 0.0433. The van der Waals surface area contributed by atoms with E-state index in [2.05, 4.69) is 9.71 Å². The van der Waals surface area contributed by atoms with E-state index in [-0.39, 0.29) is 18.0 Å². The zero-order valence-corrected chi connectivity index (χ0v) is 16.6.